The smallest absolute Gasteiger partial charge is 0.293 e. The van der Waals surface area contributed by atoms with Gasteiger partial charge >= 0.3 is 10.2 Å². The molecule has 1 aromatic heterocycles. The lowest BCUT2D eigenvalue weighted by atomic mass is 10.2. The van der Waals surface area contributed by atoms with Gasteiger partial charge in [-0.15, -0.1) is 15.7 Å². The van der Waals surface area contributed by atoms with E-state index in [9.17, 15) is 13.2 Å². The first-order valence-electron chi connectivity index (χ1n) is 4.47. The lowest BCUT2D eigenvalue weighted by molar-refractivity contribution is -0.111. The fourth-order valence-corrected chi connectivity index (χ4v) is 3.62. The van der Waals surface area contributed by atoms with E-state index in [2.05, 4.69) is 25.0 Å². The van der Waals surface area contributed by atoms with Gasteiger partial charge in [0, 0.05) is 16.8 Å². The van der Waals surface area contributed by atoms with Crippen LogP contribution in [0, 0.1) is 0 Å². The van der Waals surface area contributed by atoms with Crippen LogP contribution >= 0.6 is 27.3 Å². The van der Waals surface area contributed by atoms with Crippen molar-refractivity contribution in [3.05, 3.63) is 26.9 Å². The largest absolute Gasteiger partial charge is 0.342 e. The second-order valence-electron chi connectivity index (χ2n) is 3.30. The molecule has 0 radical (unpaired) electrons. The minimum atomic E-state index is -3.82. The molecule has 1 aliphatic heterocycles. The van der Waals surface area contributed by atoms with Crippen molar-refractivity contribution in [3.8, 4) is 0 Å². The van der Waals surface area contributed by atoms with Crippen molar-refractivity contribution in [2.75, 3.05) is 0 Å². The van der Waals surface area contributed by atoms with Gasteiger partial charge in [-0.05, 0) is 28.1 Å². The number of allylic oxidation sites excluding steroid dienone is 1. The molecule has 0 saturated heterocycles. The molecular weight excluding hydrogens is 328 g/mol. The minimum absolute atomic E-state index is 0.0664. The van der Waals surface area contributed by atoms with E-state index < -0.39 is 10.2 Å². The molecule has 0 saturated carbocycles. The molecule has 0 aromatic carbocycles. The highest BCUT2D eigenvalue weighted by molar-refractivity contribution is 9.10. The van der Waals surface area contributed by atoms with Crippen molar-refractivity contribution in [2.24, 2.45) is 4.40 Å². The summed E-state index contributed by atoms with van der Waals surface area (Å²) in [4.78, 5) is 11.9. The van der Waals surface area contributed by atoms with Gasteiger partial charge in [-0.2, -0.15) is 8.42 Å². The summed E-state index contributed by atoms with van der Waals surface area (Å²) >= 11 is 4.64. The Bertz CT molecular complexity index is 643. The fourth-order valence-electron chi connectivity index (χ4n) is 1.23. The first-order valence-corrected chi connectivity index (χ1v) is 7.58. The molecule has 0 atom stereocenters. The topological polar surface area (TPSA) is 75.6 Å². The van der Waals surface area contributed by atoms with Crippen molar-refractivity contribution in [2.45, 2.75) is 6.92 Å². The van der Waals surface area contributed by atoms with Gasteiger partial charge in [0.15, 0.2) is 5.78 Å². The van der Waals surface area contributed by atoms with E-state index in [1.165, 1.54) is 24.3 Å². The maximum absolute atomic E-state index is 11.5. The number of nitrogens with zero attached hydrogens (tertiary/aromatic N) is 1. The van der Waals surface area contributed by atoms with Crippen LogP contribution in [0.3, 0.4) is 0 Å². The molecule has 0 spiro atoms. The summed E-state index contributed by atoms with van der Waals surface area (Å²) in [6, 6.07) is 1.77. The Hall–Kier alpha value is -0.990. The molecule has 1 aromatic rings. The second kappa shape index (κ2) is 4.35. The zero-order valence-corrected chi connectivity index (χ0v) is 11.8. The highest BCUT2D eigenvalue weighted by Gasteiger charge is 2.21. The number of rotatable bonds is 2. The van der Waals surface area contributed by atoms with Crippen molar-refractivity contribution < 1.29 is 13.2 Å². The fraction of sp³-hybridized carbons (Fsp3) is 0.111. The summed E-state index contributed by atoms with van der Waals surface area (Å²) in [5.41, 5.74) is 0.296. The zero-order valence-electron chi connectivity index (χ0n) is 8.60. The van der Waals surface area contributed by atoms with Crippen LogP contribution in [-0.2, 0) is 15.0 Å². The quantitative estimate of drug-likeness (QED) is 0.894. The summed E-state index contributed by atoms with van der Waals surface area (Å²) in [6.07, 6.45) is 1.43. The van der Waals surface area contributed by atoms with Crippen LogP contribution in [0.1, 0.15) is 11.8 Å². The van der Waals surface area contributed by atoms with Gasteiger partial charge in [-0.3, -0.25) is 9.52 Å². The van der Waals surface area contributed by atoms with Crippen molar-refractivity contribution in [3.63, 3.8) is 0 Å². The Morgan fingerprint density at radius 2 is 2.24 bits per heavy atom. The predicted molar refractivity (Wildman–Crippen MR) is 70.2 cm³/mol. The van der Waals surface area contributed by atoms with Gasteiger partial charge in [0.25, 0.3) is 0 Å². The van der Waals surface area contributed by atoms with Crippen LogP contribution in [0.2, 0.25) is 0 Å². The molecule has 0 aliphatic carbocycles. The van der Waals surface area contributed by atoms with Gasteiger partial charge < -0.3 is 0 Å². The summed E-state index contributed by atoms with van der Waals surface area (Å²) in [7, 11) is -3.82. The molecule has 90 valence electrons. The third-order valence-corrected chi connectivity index (χ3v) is 4.57. The molecular formula is C9H7BrN2O3S2. The molecule has 17 heavy (non-hydrogen) atoms. The van der Waals surface area contributed by atoms with Crippen molar-refractivity contribution in [1.82, 2.24) is 4.72 Å². The molecule has 1 N–H and O–H groups in total. The predicted octanol–water partition coefficient (Wildman–Crippen LogP) is 1.73. The number of thiophene rings is 1. The molecule has 5 nitrogen and oxygen atoms in total. The van der Waals surface area contributed by atoms with Crippen LogP contribution < -0.4 is 4.72 Å². The number of Topliss-reactive ketones (excluding diaryl/α,β-unsaturated/α-hetero) is 1. The third kappa shape index (κ3) is 2.82. The normalized spacial score (nSPS) is 18.0. The molecule has 8 heteroatoms. The number of carbonyl (C=O) groups excluding carboxylic acids is 1. The first kappa shape index (κ1) is 12.5. The number of nitrogens with one attached hydrogen (secondary N) is 1. The molecule has 2 heterocycles. The first-order chi connectivity index (χ1) is 7.87. The Kier molecular flexibility index (Phi) is 3.19. The van der Waals surface area contributed by atoms with Crippen LogP contribution in [0.25, 0.3) is 5.70 Å². The highest BCUT2D eigenvalue weighted by atomic mass is 79.9. The van der Waals surface area contributed by atoms with Crippen LogP contribution in [0.15, 0.2) is 26.4 Å². The number of hydrogen-bond donors (Lipinski definition) is 1. The SMILES string of the molecule is CC(=O)C1=NS(=O)(=O)NC(c2cc(Br)cs2)=C1. The molecule has 0 amide bonds. The van der Waals surface area contributed by atoms with Crippen LogP contribution in [0.4, 0.5) is 0 Å². The monoisotopic (exact) mass is 334 g/mol. The number of ketones is 1. The van der Waals surface area contributed by atoms with Crippen LogP contribution in [-0.4, -0.2) is 19.9 Å². The number of hydrogen-bond acceptors (Lipinski definition) is 4. The summed E-state index contributed by atoms with van der Waals surface area (Å²) in [6.45, 7) is 1.28. The number of halogens is 1. The molecule has 0 bridgehead atoms. The van der Waals surface area contributed by atoms with Gasteiger partial charge in [0.1, 0.15) is 5.71 Å². The maximum atomic E-state index is 11.5. The molecule has 0 fully saturated rings. The lowest BCUT2D eigenvalue weighted by Crippen LogP contribution is -2.27. The van der Waals surface area contributed by atoms with Gasteiger partial charge in [-0.25, -0.2) is 0 Å². The maximum Gasteiger partial charge on any atom is 0.342 e. The average Bonchev–Trinajstić information content (AvgIpc) is 2.62. The van der Waals surface area contributed by atoms with Gasteiger partial charge in [-0.1, -0.05) is 0 Å². The standard InChI is InChI=1S/C9H7BrN2O3S2/c1-5(13)7-3-8(12-17(14,15)11-7)9-2-6(10)4-16-9/h2-4,12H,1H3. The zero-order chi connectivity index (χ0) is 12.6. The van der Waals surface area contributed by atoms with E-state index in [0.29, 0.717) is 10.6 Å². The highest BCUT2D eigenvalue weighted by Crippen LogP contribution is 2.26. The van der Waals surface area contributed by atoms with E-state index >= 15 is 0 Å². The Morgan fingerprint density at radius 3 is 2.76 bits per heavy atom. The van der Waals surface area contributed by atoms with E-state index in [1.807, 2.05) is 5.38 Å². The molecule has 1 aliphatic rings. The molecule has 2 rings (SSSR count). The second-order valence-corrected chi connectivity index (χ2v) is 6.46. The van der Waals surface area contributed by atoms with E-state index in [0.717, 1.165) is 4.47 Å². The van der Waals surface area contributed by atoms with Gasteiger partial charge in [0.05, 0.1) is 10.6 Å². The van der Waals surface area contributed by atoms with Gasteiger partial charge in [0.2, 0.25) is 0 Å². The van der Waals surface area contributed by atoms with E-state index in [1.54, 1.807) is 6.07 Å². The number of carbonyl (C=O) groups is 1. The molecule has 0 unspecified atom stereocenters. The summed E-state index contributed by atoms with van der Waals surface area (Å²) in [5, 5.41) is 1.82. The summed E-state index contributed by atoms with van der Waals surface area (Å²) in [5.74, 6) is -0.386. The van der Waals surface area contributed by atoms with Crippen LogP contribution in [0.5, 0.6) is 0 Å². The Morgan fingerprint density at radius 1 is 1.53 bits per heavy atom. The van der Waals surface area contributed by atoms with Crippen molar-refractivity contribution >= 4 is 54.7 Å². The van der Waals surface area contributed by atoms with Crippen molar-refractivity contribution in [1.29, 1.82) is 0 Å². The van der Waals surface area contributed by atoms with E-state index in [4.69, 9.17) is 0 Å². The van der Waals surface area contributed by atoms with E-state index in [-0.39, 0.29) is 11.5 Å². The summed E-state index contributed by atoms with van der Waals surface area (Å²) < 4.78 is 29.4. The minimum Gasteiger partial charge on any atom is -0.293 e. The average molecular weight is 335 g/mol. The lowest BCUT2D eigenvalue weighted by Gasteiger charge is -2.12. The Labute approximate surface area is 111 Å². The Balaban J connectivity index is 2.50. The third-order valence-electron chi connectivity index (χ3n) is 1.93.